The number of aromatic nitrogens is 3. The fraction of sp³-hybridized carbons (Fsp3) is 0.278. The second kappa shape index (κ2) is 6.44. The Kier molecular flexibility index (Phi) is 4.13. The fourth-order valence-corrected chi connectivity index (χ4v) is 3.46. The van der Waals surface area contributed by atoms with E-state index in [1.807, 2.05) is 17.0 Å². The number of nitrogens with zero attached hydrogens (tertiary/aromatic N) is 4. The average molecular weight is 359 g/mol. The van der Waals surface area contributed by atoms with Gasteiger partial charge in [-0.15, -0.1) is 0 Å². The van der Waals surface area contributed by atoms with E-state index in [9.17, 15) is 9.18 Å². The number of halogens is 2. The second-order valence-corrected chi connectivity index (χ2v) is 6.51. The third-order valence-corrected chi connectivity index (χ3v) is 4.82. The molecule has 0 aromatic carbocycles. The smallest absolute Gasteiger partial charge is 0.257 e. The van der Waals surface area contributed by atoms with E-state index < -0.39 is 5.95 Å². The maximum absolute atomic E-state index is 13.5. The Morgan fingerprint density at radius 1 is 1.16 bits per heavy atom. The molecule has 7 heteroatoms. The van der Waals surface area contributed by atoms with Gasteiger partial charge in [-0.05, 0) is 31.4 Å². The van der Waals surface area contributed by atoms with Crippen molar-refractivity contribution in [3.05, 3.63) is 53.2 Å². The minimum Gasteiger partial charge on any atom is -0.339 e. The number of piperidine rings is 1. The Morgan fingerprint density at radius 3 is 2.76 bits per heavy atom. The summed E-state index contributed by atoms with van der Waals surface area (Å²) in [6.07, 6.45) is 6.06. The molecule has 25 heavy (non-hydrogen) atoms. The molecule has 0 atom stereocenters. The molecular formula is C18H16ClFN4O. The monoisotopic (exact) mass is 358 g/mol. The largest absolute Gasteiger partial charge is 0.339 e. The number of likely N-dealkylation sites (tertiary alicyclic amines) is 1. The maximum Gasteiger partial charge on any atom is 0.257 e. The van der Waals surface area contributed by atoms with Crippen LogP contribution >= 0.6 is 11.6 Å². The Morgan fingerprint density at radius 2 is 1.96 bits per heavy atom. The van der Waals surface area contributed by atoms with Crippen molar-refractivity contribution >= 4 is 23.0 Å². The number of carbonyl (C=O) groups is 1. The van der Waals surface area contributed by atoms with Crippen molar-refractivity contribution in [1.29, 1.82) is 0 Å². The number of fused-ring (bicyclic) bond motifs is 1. The lowest BCUT2D eigenvalue weighted by Crippen LogP contribution is -2.35. The first-order valence-electron chi connectivity index (χ1n) is 8.22. The van der Waals surface area contributed by atoms with Crippen molar-refractivity contribution in [3.63, 3.8) is 0 Å². The van der Waals surface area contributed by atoms with Gasteiger partial charge < -0.3 is 4.90 Å². The number of rotatable bonds is 2. The highest BCUT2D eigenvalue weighted by Gasteiger charge is 2.22. The zero-order chi connectivity index (χ0) is 17.4. The Labute approximate surface area is 149 Å². The first kappa shape index (κ1) is 16.0. The highest BCUT2D eigenvalue weighted by atomic mass is 35.5. The van der Waals surface area contributed by atoms with Gasteiger partial charge >= 0.3 is 0 Å². The summed E-state index contributed by atoms with van der Waals surface area (Å²) in [6.45, 7) is 1.55. The predicted molar refractivity (Wildman–Crippen MR) is 93.1 cm³/mol. The summed E-state index contributed by atoms with van der Waals surface area (Å²) < 4.78 is 15.2. The highest BCUT2D eigenvalue weighted by molar-refractivity contribution is 6.33. The molecular weight excluding hydrogens is 343 g/mol. The van der Waals surface area contributed by atoms with Crippen LogP contribution in [0.4, 0.5) is 4.39 Å². The van der Waals surface area contributed by atoms with Gasteiger partial charge in [-0.3, -0.25) is 4.79 Å². The summed E-state index contributed by atoms with van der Waals surface area (Å²) in [6, 6.07) is 6.70. The lowest BCUT2D eigenvalue weighted by molar-refractivity contribution is 0.0726. The molecule has 0 bridgehead atoms. The Hall–Kier alpha value is -2.47. The van der Waals surface area contributed by atoms with Crippen molar-refractivity contribution in [1.82, 2.24) is 19.5 Å². The minimum atomic E-state index is -0.617. The molecule has 0 N–H and O–H groups in total. The summed E-state index contributed by atoms with van der Waals surface area (Å²) in [7, 11) is 0. The topological polar surface area (TPSA) is 50.5 Å². The van der Waals surface area contributed by atoms with E-state index in [4.69, 9.17) is 11.6 Å². The summed E-state index contributed by atoms with van der Waals surface area (Å²) in [5, 5.41) is 4.68. The van der Waals surface area contributed by atoms with E-state index in [0.29, 0.717) is 27.4 Å². The molecule has 0 aliphatic carbocycles. The number of carbonyl (C=O) groups excluding carboxylic acids is 1. The average Bonchev–Trinajstić information content (AvgIpc) is 3.08. The summed E-state index contributed by atoms with van der Waals surface area (Å²) >= 11 is 6.18. The molecule has 4 heterocycles. The predicted octanol–water partition coefficient (Wildman–Crippen LogP) is 3.81. The Balaban J connectivity index is 1.80. The van der Waals surface area contributed by atoms with E-state index in [-0.39, 0.29) is 5.91 Å². The molecule has 1 aliphatic heterocycles. The van der Waals surface area contributed by atoms with Gasteiger partial charge in [-0.25, -0.2) is 9.50 Å². The van der Waals surface area contributed by atoms with Gasteiger partial charge in [0.2, 0.25) is 5.95 Å². The van der Waals surface area contributed by atoms with Crippen LogP contribution in [0.1, 0.15) is 29.6 Å². The van der Waals surface area contributed by atoms with Crippen LogP contribution in [0.3, 0.4) is 0 Å². The number of amides is 1. The summed E-state index contributed by atoms with van der Waals surface area (Å²) in [5.74, 6) is -0.632. The van der Waals surface area contributed by atoms with Crippen LogP contribution in [-0.4, -0.2) is 38.5 Å². The van der Waals surface area contributed by atoms with Gasteiger partial charge in [0.1, 0.15) is 0 Å². The van der Waals surface area contributed by atoms with Gasteiger partial charge in [-0.1, -0.05) is 17.7 Å². The van der Waals surface area contributed by atoms with Gasteiger partial charge in [-0.2, -0.15) is 9.49 Å². The van der Waals surface area contributed by atoms with E-state index in [2.05, 4.69) is 10.1 Å². The zero-order valence-corrected chi connectivity index (χ0v) is 14.2. The first-order valence-corrected chi connectivity index (χ1v) is 8.60. The molecule has 3 aromatic heterocycles. The van der Waals surface area contributed by atoms with Crippen molar-refractivity contribution in [2.45, 2.75) is 19.3 Å². The van der Waals surface area contributed by atoms with Gasteiger partial charge in [0, 0.05) is 30.9 Å². The molecule has 0 radical (unpaired) electrons. The molecule has 5 nitrogen and oxygen atoms in total. The van der Waals surface area contributed by atoms with E-state index in [1.165, 1.54) is 12.3 Å². The number of pyridine rings is 2. The van der Waals surface area contributed by atoms with Crippen LogP contribution in [-0.2, 0) is 0 Å². The Bertz CT molecular complexity index is 949. The molecule has 1 fully saturated rings. The van der Waals surface area contributed by atoms with Crippen molar-refractivity contribution in [2.75, 3.05) is 13.1 Å². The zero-order valence-electron chi connectivity index (χ0n) is 13.5. The molecule has 1 saturated heterocycles. The molecule has 1 aliphatic rings. The number of hydrogen-bond acceptors (Lipinski definition) is 3. The molecule has 0 unspecified atom stereocenters. The standard InChI is InChI=1S/C18H16ClFN4O/c19-14-11-21-17(20)9-12(14)15-5-4-6-16-13(10-22-24(15)16)18(25)23-7-2-1-3-8-23/h4-6,9-11H,1-3,7-8H2. The summed E-state index contributed by atoms with van der Waals surface area (Å²) in [4.78, 5) is 18.2. The SMILES string of the molecule is O=C(c1cnn2c(-c3cc(F)ncc3Cl)cccc12)N1CCCCC1. The van der Waals surface area contributed by atoms with Crippen molar-refractivity contribution in [3.8, 4) is 11.3 Å². The van der Waals surface area contributed by atoms with Crippen LogP contribution in [0.5, 0.6) is 0 Å². The van der Waals surface area contributed by atoms with Crippen LogP contribution < -0.4 is 0 Å². The normalized spacial score (nSPS) is 14.9. The van der Waals surface area contributed by atoms with Crippen LogP contribution in [0.2, 0.25) is 5.02 Å². The van der Waals surface area contributed by atoms with Crippen LogP contribution in [0, 0.1) is 5.95 Å². The van der Waals surface area contributed by atoms with Gasteiger partial charge in [0.25, 0.3) is 5.91 Å². The van der Waals surface area contributed by atoms with Crippen molar-refractivity contribution in [2.24, 2.45) is 0 Å². The lowest BCUT2D eigenvalue weighted by atomic mass is 10.1. The molecule has 0 saturated carbocycles. The van der Waals surface area contributed by atoms with Crippen LogP contribution in [0.25, 0.3) is 16.8 Å². The lowest BCUT2D eigenvalue weighted by Gasteiger charge is -2.26. The minimum absolute atomic E-state index is 0.0149. The first-order chi connectivity index (χ1) is 12.1. The van der Waals surface area contributed by atoms with Crippen molar-refractivity contribution < 1.29 is 9.18 Å². The van der Waals surface area contributed by atoms with E-state index in [1.54, 1.807) is 16.8 Å². The maximum atomic E-state index is 13.5. The van der Waals surface area contributed by atoms with Gasteiger partial charge in [0.05, 0.1) is 28.0 Å². The molecule has 0 spiro atoms. The quantitative estimate of drug-likeness (QED) is 0.654. The molecule has 1 amide bonds. The molecule has 3 aromatic rings. The fourth-order valence-electron chi connectivity index (χ4n) is 3.26. The second-order valence-electron chi connectivity index (χ2n) is 6.11. The van der Waals surface area contributed by atoms with E-state index >= 15 is 0 Å². The summed E-state index contributed by atoms with van der Waals surface area (Å²) in [5.41, 5.74) is 2.33. The molecule has 4 rings (SSSR count). The highest BCUT2D eigenvalue weighted by Crippen LogP contribution is 2.29. The number of hydrogen-bond donors (Lipinski definition) is 0. The third kappa shape index (κ3) is 2.87. The van der Waals surface area contributed by atoms with E-state index in [0.717, 1.165) is 32.4 Å². The third-order valence-electron chi connectivity index (χ3n) is 4.51. The van der Waals surface area contributed by atoms with Gasteiger partial charge in [0.15, 0.2) is 0 Å². The van der Waals surface area contributed by atoms with Crippen LogP contribution in [0.15, 0.2) is 36.7 Å². The molecule has 128 valence electrons.